The topological polar surface area (TPSA) is 70.8 Å². The Bertz CT molecular complexity index is 133. The van der Waals surface area contributed by atoms with Gasteiger partial charge in [0, 0.05) is 6.42 Å². The largest absolute Gasteiger partial charge is 0.458 e. The first-order valence-corrected chi connectivity index (χ1v) is 3.42. The second-order valence-electron chi connectivity index (χ2n) is 2.29. The Labute approximate surface area is 64.4 Å². The molecule has 0 spiro atoms. The van der Waals surface area contributed by atoms with Crippen LogP contribution in [-0.2, 0) is 19.1 Å². The summed E-state index contributed by atoms with van der Waals surface area (Å²) in [5.74, 6) is 4.23. The van der Waals surface area contributed by atoms with Crippen LogP contribution < -0.4 is 5.90 Å². The molecule has 1 fully saturated rings. The van der Waals surface area contributed by atoms with E-state index in [9.17, 15) is 4.79 Å². The van der Waals surface area contributed by atoms with Crippen LogP contribution in [0.2, 0.25) is 0 Å². The molecule has 0 aromatic heterocycles. The Morgan fingerprint density at radius 3 is 3.09 bits per heavy atom. The highest BCUT2D eigenvalue weighted by atomic mass is 16.6. The molecule has 0 aromatic rings. The van der Waals surface area contributed by atoms with Crippen molar-refractivity contribution in [2.45, 2.75) is 12.5 Å². The minimum absolute atomic E-state index is 0.113. The molecule has 11 heavy (non-hydrogen) atoms. The summed E-state index contributed by atoms with van der Waals surface area (Å²) < 4.78 is 9.87. The lowest BCUT2D eigenvalue weighted by atomic mass is 10.3. The van der Waals surface area contributed by atoms with E-state index in [0.29, 0.717) is 13.2 Å². The lowest BCUT2D eigenvalue weighted by Crippen LogP contribution is -2.22. The van der Waals surface area contributed by atoms with Gasteiger partial charge in [-0.1, -0.05) is 0 Å². The van der Waals surface area contributed by atoms with Crippen molar-refractivity contribution in [1.29, 1.82) is 0 Å². The van der Waals surface area contributed by atoms with Gasteiger partial charge in [0.15, 0.2) is 6.61 Å². The van der Waals surface area contributed by atoms with Gasteiger partial charge >= 0.3 is 5.97 Å². The number of nitrogens with two attached hydrogens (primary N) is 1. The summed E-state index contributed by atoms with van der Waals surface area (Å²) in [6, 6.07) is 0. The van der Waals surface area contributed by atoms with E-state index in [4.69, 9.17) is 9.47 Å². The third-order valence-electron chi connectivity index (χ3n) is 1.39. The summed E-state index contributed by atoms with van der Waals surface area (Å²) in [4.78, 5) is 14.8. The van der Waals surface area contributed by atoms with Gasteiger partial charge in [-0.15, -0.1) is 0 Å². The smallest absolute Gasteiger partial charge is 0.334 e. The number of carbonyl (C=O) groups excluding carboxylic acids is 1. The predicted octanol–water partition coefficient (Wildman–Crippen LogP) is -0.791. The number of carbonyl (C=O) groups is 1. The first-order valence-electron chi connectivity index (χ1n) is 3.42. The summed E-state index contributed by atoms with van der Waals surface area (Å²) in [6.45, 7) is 0.939. The Morgan fingerprint density at radius 1 is 1.73 bits per heavy atom. The normalized spacial score (nSPS) is 23.5. The fourth-order valence-corrected chi connectivity index (χ4v) is 0.894. The molecule has 1 aliphatic heterocycles. The molecule has 64 valence electrons. The highest BCUT2D eigenvalue weighted by Crippen LogP contribution is 2.07. The molecule has 1 saturated heterocycles. The van der Waals surface area contributed by atoms with Crippen LogP contribution in [0.15, 0.2) is 0 Å². The fourth-order valence-electron chi connectivity index (χ4n) is 0.894. The SMILES string of the molecule is NOCC(=O)OC1CCOC1. The molecule has 0 amide bonds. The van der Waals surface area contributed by atoms with Crippen molar-refractivity contribution in [3.8, 4) is 0 Å². The molecule has 2 N–H and O–H groups in total. The number of esters is 1. The van der Waals surface area contributed by atoms with Gasteiger partial charge in [-0.3, -0.25) is 4.84 Å². The molecule has 0 aliphatic carbocycles. The first-order chi connectivity index (χ1) is 5.33. The van der Waals surface area contributed by atoms with Crippen molar-refractivity contribution >= 4 is 5.97 Å². The van der Waals surface area contributed by atoms with Crippen molar-refractivity contribution in [1.82, 2.24) is 0 Å². The number of hydrogen-bond donors (Lipinski definition) is 1. The first kappa shape index (κ1) is 8.45. The molecular formula is C6H11NO4. The third-order valence-corrected chi connectivity index (χ3v) is 1.39. The summed E-state index contributed by atoms with van der Waals surface area (Å²) in [5, 5.41) is 0. The molecule has 0 radical (unpaired) electrons. The molecule has 1 atom stereocenters. The van der Waals surface area contributed by atoms with E-state index in [1.165, 1.54) is 0 Å². The summed E-state index contributed by atoms with van der Waals surface area (Å²) >= 11 is 0. The zero-order valence-corrected chi connectivity index (χ0v) is 6.12. The van der Waals surface area contributed by atoms with E-state index in [2.05, 4.69) is 10.7 Å². The van der Waals surface area contributed by atoms with Crippen molar-refractivity contribution in [2.24, 2.45) is 5.90 Å². The average Bonchev–Trinajstić information content (AvgIpc) is 2.40. The Morgan fingerprint density at radius 2 is 2.55 bits per heavy atom. The molecule has 1 rings (SSSR count). The van der Waals surface area contributed by atoms with Gasteiger partial charge in [-0.05, 0) is 0 Å². The molecule has 0 bridgehead atoms. The van der Waals surface area contributed by atoms with E-state index in [1.807, 2.05) is 0 Å². The standard InChI is InChI=1S/C6H11NO4/c7-10-4-6(8)11-5-1-2-9-3-5/h5H,1-4,7H2. The van der Waals surface area contributed by atoms with Crippen LogP contribution in [0.4, 0.5) is 0 Å². The molecule has 0 aromatic carbocycles. The van der Waals surface area contributed by atoms with Gasteiger partial charge < -0.3 is 9.47 Å². The van der Waals surface area contributed by atoms with Crippen LogP contribution in [0.3, 0.4) is 0 Å². The lowest BCUT2D eigenvalue weighted by molar-refractivity contribution is -0.154. The highest BCUT2D eigenvalue weighted by Gasteiger charge is 2.19. The van der Waals surface area contributed by atoms with Crippen LogP contribution in [0.5, 0.6) is 0 Å². The molecule has 5 nitrogen and oxygen atoms in total. The Balaban J connectivity index is 2.13. The second-order valence-corrected chi connectivity index (χ2v) is 2.29. The third kappa shape index (κ3) is 2.83. The summed E-state index contributed by atoms with van der Waals surface area (Å²) in [6.07, 6.45) is 0.647. The van der Waals surface area contributed by atoms with Crippen LogP contribution in [0.1, 0.15) is 6.42 Å². The van der Waals surface area contributed by atoms with Crippen LogP contribution in [0, 0.1) is 0 Å². The Hall–Kier alpha value is -0.650. The maximum absolute atomic E-state index is 10.7. The molecule has 1 heterocycles. The second kappa shape index (κ2) is 4.27. The Kier molecular flexibility index (Phi) is 3.28. The van der Waals surface area contributed by atoms with Gasteiger partial charge in [0.25, 0.3) is 0 Å². The van der Waals surface area contributed by atoms with E-state index < -0.39 is 5.97 Å². The number of rotatable bonds is 3. The maximum Gasteiger partial charge on any atom is 0.334 e. The van der Waals surface area contributed by atoms with Crippen LogP contribution >= 0.6 is 0 Å². The van der Waals surface area contributed by atoms with Crippen molar-refractivity contribution < 1.29 is 19.1 Å². The van der Waals surface area contributed by atoms with Crippen LogP contribution in [0.25, 0.3) is 0 Å². The van der Waals surface area contributed by atoms with Crippen molar-refractivity contribution in [3.05, 3.63) is 0 Å². The van der Waals surface area contributed by atoms with Gasteiger partial charge in [0.05, 0.1) is 13.2 Å². The lowest BCUT2D eigenvalue weighted by Gasteiger charge is -2.08. The molecule has 1 aliphatic rings. The maximum atomic E-state index is 10.7. The molecule has 1 unspecified atom stereocenters. The van der Waals surface area contributed by atoms with Gasteiger partial charge in [-0.2, -0.15) is 0 Å². The molecule has 5 heteroatoms. The summed E-state index contributed by atoms with van der Waals surface area (Å²) in [5.41, 5.74) is 0. The van der Waals surface area contributed by atoms with E-state index >= 15 is 0 Å². The van der Waals surface area contributed by atoms with E-state index in [1.54, 1.807) is 0 Å². The minimum Gasteiger partial charge on any atom is -0.458 e. The minimum atomic E-state index is -0.442. The van der Waals surface area contributed by atoms with Crippen molar-refractivity contribution in [2.75, 3.05) is 19.8 Å². The monoisotopic (exact) mass is 161 g/mol. The van der Waals surface area contributed by atoms with Gasteiger partial charge in [0.1, 0.15) is 6.10 Å². The zero-order chi connectivity index (χ0) is 8.10. The fraction of sp³-hybridized carbons (Fsp3) is 0.833. The highest BCUT2D eigenvalue weighted by molar-refractivity contribution is 5.70. The van der Waals surface area contributed by atoms with E-state index in [0.717, 1.165) is 6.42 Å². The molecule has 0 saturated carbocycles. The van der Waals surface area contributed by atoms with Crippen molar-refractivity contribution in [3.63, 3.8) is 0 Å². The van der Waals surface area contributed by atoms with Crippen LogP contribution in [-0.4, -0.2) is 31.9 Å². The van der Waals surface area contributed by atoms with Gasteiger partial charge in [-0.25, -0.2) is 10.7 Å². The number of ether oxygens (including phenoxy) is 2. The van der Waals surface area contributed by atoms with Gasteiger partial charge in [0.2, 0.25) is 0 Å². The number of hydrogen-bond acceptors (Lipinski definition) is 5. The summed E-state index contributed by atoms with van der Waals surface area (Å²) in [7, 11) is 0. The zero-order valence-electron chi connectivity index (χ0n) is 6.12. The average molecular weight is 161 g/mol. The van der Waals surface area contributed by atoms with E-state index in [-0.39, 0.29) is 12.7 Å². The molecular weight excluding hydrogens is 150 g/mol. The predicted molar refractivity (Wildman–Crippen MR) is 35.5 cm³/mol. The quantitative estimate of drug-likeness (QED) is 0.434.